The van der Waals surface area contributed by atoms with Gasteiger partial charge in [-0.2, -0.15) is 0 Å². The number of carbonyl (C=O) groups is 2. The molecule has 0 rings (SSSR count). The van der Waals surface area contributed by atoms with E-state index in [1.807, 2.05) is 0 Å². The lowest BCUT2D eigenvalue weighted by molar-refractivity contribution is -0.142. The van der Waals surface area contributed by atoms with Gasteiger partial charge in [-0.05, 0) is 0 Å². The van der Waals surface area contributed by atoms with Gasteiger partial charge in [0, 0.05) is 7.11 Å². The molecule has 0 bridgehead atoms. The molecule has 1 unspecified atom stereocenters. The number of rotatable bonds is 8. The van der Waals surface area contributed by atoms with Crippen LogP contribution in [0.3, 0.4) is 0 Å². The van der Waals surface area contributed by atoms with Crippen molar-refractivity contribution in [1.29, 1.82) is 0 Å². The van der Waals surface area contributed by atoms with Crippen molar-refractivity contribution >= 4 is 12.4 Å². The Kier molecular flexibility index (Phi) is 6.85. The van der Waals surface area contributed by atoms with Crippen LogP contribution in [0.2, 0.25) is 0 Å². The maximum Gasteiger partial charge on any atom is 0.328 e. The van der Waals surface area contributed by atoms with E-state index < -0.39 is 12.0 Å². The molecule has 0 fully saturated rings. The number of carboxylic acids is 1. The average molecular weight is 191 g/mol. The molecule has 0 aliphatic rings. The molecular formula is C7H13NO5. The van der Waals surface area contributed by atoms with Crippen LogP contribution in [0.5, 0.6) is 0 Å². The first-order chi connectivity index (χ1) is 6.22. The predicted octanol–water partition coefficient (Wildman–Crippen LogP) is -1.15. The third-order valence-electron chi connectivity index (χ3n) is 1.28. The van der Waals surface area contributed by atoms with Gasteiger partial charge in [-0.25, -0.2) is 4.79 Å². The summed E-state index contributed by atoms with van der Waals surface area (Å²) in [5.41, 5.74) is 0. The molecule has 76 valence electrons. The summed E-state index contributed by atoms with van der Waals surface area (Å²) in [7, 11) is 1.52. The van der Waals surface area contributed by atoms with Gasteiger partial charge in [0.15, 0.2) is 0 Å². The summed E-state index contributed by atoms with van der Waals surface area (Å²) >= 11 is 0. The van der Waals surface area contributed by atoms with Crippen molar-refractivity contribution in [1.82, 2.24) is 5.32 Å². The number of nitrogens with one attached hydrogen (secondary N) is 1. The van der Waals surface area contributed by atoms with E-state index in [9.17, 15) is 9.59 Å². The number of ether oxygens (including phenoxy) is 2. The summed E-state index contributed by atoms with van der Waals surface area (Å²) in [6.45, 7) is 0.645. The Balaban J connectivity index is 3.56. The van der Waals surface area contributed by atoms with Crippen LogP contribution in [0.4, 0.5) is 0 Å². The SMILES string of the molecule is COCCOCC(NC=O)C(=O)O. The predicted molar refractivity (Wildman–Crippen MR) is 43.3 cm³/mol. The summed E-state index contributed by atoms with van der Waals surface area (Å²) in [6, 6.07) is -0.991. The normalized spacial score (nSPS) is 12.1. The van der Waals surface area contributed by atoms with Gasteiger partial charge in [-0.3, -0.25) is 4.79 Å². The molecule has 2 N–H and O–H groups in total. The monoisotopic (exact) mass is 191 g/mol. The molecule has 0 aromatic carbocycles. The molecule has 0 saturated carbocycles. The minimum absolute atomic E-state index is 0.0581. The van der Waals surface area contributed by atoms with Gasteiger partial charge >= 0.3 is 5.97 Å². The number of methoxy groups -OCH3 is 1. The van der Waals surface area contributed by atoms with Crippen LogP contribution in [0.1, 0.15) is 0 Å². The van der Waals surface area contributed by atoms with Crippen molar-refractivity contribution in [3.8, 4) is 0 Å². The molecule has 0 aromatic heterocycles. The molecule has 0 saturated heterocycles. The Morgan fingerprint density at radius 2 is 2.31 bits per heavy atom. The Hall–Kier alpha value is -1.14. The fourth-order valence-corrected chi connectivity index (χ4v) is 0.616. The third-order valence-corrected chi connectivity index (χ3v) is 1.28. The number of aliphatic carboxylic acids is 1. The quantitative estimate of drug-likeness (QED) is 0.374. The maximum atomic E-state index is 10.4. The molecule has 1 amide bonds. The molecule has 0 radical (unpaired) electrons. The Labute approximate surface area is 75.8 Å². The van der Waals surface area contributed by atoms with Crippen molar-refractivity contribution in [2.75, 3.05) is 26.9 Å². The second kappa shape index (κ2) is 7.51. The highest BCUT2D eigenvalue weighted by Crippen LogP contribution is 1.85. The molecule has 0 aliphatic heterocycles. The average Bonchev–Trinajstić information content (AvgIpc) is 2.10. The summed E-state index contributed by atoms with van der Waals surface area (Å²) < 4.78 is 9.60. The number of hydrogen-bond donors (Lipinski definition) is 2. The molecule has 1 atom stereocenters. The van der Waals surface area contributed by atoms with Crippen LogP contribution in [0.15, 0.2) is 0 Å². The van der Waals surface area contributed by atoms with Gasteiger partial charge in [-0.15, -0.1) is 0 Å². The number of amides is 1. The van der Waals surface area contributed by atoms with Crippen molar-refractivity contribution in [2.45, 2.75) is 6.04 Å². The van der Waals surface area contributed by atoms with E-state index in [1.54, 1.807) is 0 Å². The van der Waals surface area contributed by atoms with E-state index in [2.05, 4.69) is 10.1 Å². The topological polar surface area (TPSA) is 84.9 Å². The molecule has 0 spiro atoms. The Morgan fingerprint density at radius 1 is 1.62 bits per heavy atom. The zero-order chi connectivity index (χ0) is 10.1. The number of hydrogen-bond acceptors (Lipinski definition) is 4. The van der Waals surface area contributed by atoms with E-state index in [0.29, 0.717) is 19.6 Å². The van der Waals surface area contributed by atoms with Crippen LogP contribution in [0, 0.1) is 0 Å². The van der Waals surface area contributed by atoms with E-state index in [-0.39, 0.29) is 6.61 Å². The first kappa shape index (κ1) is 11.9. The van der Waals surface area contributed by atoms with E-state index >= 15 is 0 Å². The first-order valence-electron chi connectivity index (χ1n) is 3.71. The summed E-state index contributed by atoms with van der Waals surface area (Å²) in [4.78, 5) is 20.4. The fraction of sp³-hybridized carbons (Fsp3) is 0.714. The van der Waals surface area contributed by atoms with Crippen molar-refractivity contribution in [2.24, 2.45) is 0 Å². The molecule has 6 heteroatoms. The Bertz CT molecular complexity index is 161. The summed E-state index contributed by atoms with van der Waals surface area (Å²) in [6.07, 6.45) is 0.332. The first-order valence-corrected chi connectivity index (χ1v) is 3.71. The van der Waals surface area contributed by atoms with Gasteiger partial charge < -0.3 is 19.9 Å². The smallest absolute Gasteiger partial charge is 0.328 e. The molecule has 0 aromatic rings. The van der Waals surface area contributed by atoms with Gasteiger partial charge in [0.2, 0.25) is 6.41 Å². The minimum Gasteiger partial charge on any atom is -0.480 e. The highest BCUT2D eigenvalue weighted by atomic mass is 16.5. The standard InChI is InChI=1S/C7H13NO5/c1-12-2-3-13-4-6(7(10)11)8-5-9/h5-6H,2-4H2,1H3,(H,8,9)(H,10,11). The lowest BCUT2D eigenvalue weighted by Gasteiger charge is -2.10. The second-order valence-corrected chi connectivity index (χ2v) is 2.24. The van der Waals surface area contributed by atoms with Crippen LogP contribution >= 0.6 is 0 Å². The fourth-order valence-electron chi connectivity index (χ4n) is 0.616. The molecule has 0 heterocycles. The molecule has 13 heavy (non-hydrogen) atoms. The van der Waals surface area contributed by atoms with Gasteiger partial charge in [0.05, 0.1) is 19.8 Å². The van der Waals surface area contributed by atoms with Crippen molar-refractivity contribution < 1.29 is 24.2 Å². The molecular weight excluding hydrogens is 178 g/mol. The number of carbonyl (C=O) groups excluding carboxylic acids is 1. The van der Waals surface area contributed by atoms with Crippen LogP contribution in [0.25, 0.3) is 0 Å². The van der Waals surface area contributed by atoms with Gasteiger partial charge in [0.1, 0.15) is 6.04 Å². The lowest BCUT2D eigenvalue weighted by atomic mass is 10.3. The van der Waals surface area contributed by atoms with Crippen LogP contribution < -0.4 is 5.32 Å². The number of carboxylic acid groups (broad SMARTS) is 1. The third kappa shape index (κ3) is 6.06. The maximum absolute atomic E-state index is 10.4. The lowest BCUT2D eigenvalue weighted by Crippen LogP contribution is -2.39. The Morgan fingerprint density at radius 3 is 2.77 bits per heavy atom. The second-order valence-electron chi connectivity index (χ2n) is 2.24. The van der Waals surface area contributed by atoms with Gasteiger partial charge in [-0.1, -0.05) is 0 Å². The largest absolute Gasteiger partial charge is 0.480 e. The van der Waals surface area contributed by atoms with Crippen LogP contribution in [-0.2, 0) is 19.1 Å². The van der Waals surface area contributed by atoms with E-state index in [1.165, 1.54) is 7.11 Å². The summed E-state index contributed by atoms with van der Waals surface area (Å²) in [5, 5.41) is 10.6. The molecule has 0 aliphatic carbocycles. The van der Waals surface area contributed by atoms with E-state index in [4.69, 9.17) is 9.84 Å². The summed E-state index contributed by atoms with van der Waals surface area (Å²) in [5.74, 6) is -1.12. The minimum atomic E-state index is -1.12. The van der Waals surface area contributed by atoms with Crippen LogP contribution in [-0.4, -0.2) is 50.5 Å². The zero-order valence-electron chi connectivity index (χ0n) is 7.36. The van der Waals surface area contributed by atoms with E-state index in [0.717, 1.165) is 0 Å². The van der Waals surface area contributed by atoms with Crippen molar-refractivity contribution in [3.63, 3.8) is 0 Å². The highest BCUT2D eigenvalue weighted by Gasteiger charge is 2.15. The zero-order valence-corrected chi connectivity index (χ0v) is 7.36. The molecule has 6 nitrogen and oxygen atoms in total. The van der Waals surface area contributed by atoms with Gasteiger partial charge in [0.25, 0.3) is 0 Å². The van der Waals surface area contributed by atoms with Crippen molar-refractivity contribution in [3.05, 3.63) is 0 Å². The highest BCUT2D eigenvalue weighted by molar-refractivity contribution is 5.76.